The van der Waals surface area contributed by atoms with Crippen LogP contribution >= 0.6 is 11.3 Å². The first-order chi connectivity index (χ1) is 8.10. The highest BCUT2D eigenvalue weighted by atomic mass is 32.1. The maximum atomic E-state index is 4.66. The molecule has 0 aliphatic rings. The van der Waals surface area contributed by atoms with Gasteiger partial charge in [0, 0.05) is 24.5 Å². The average molecular weight is 255 g/mol. The molecule has 1 heterocycles. The molecule has 17 heavy (non-hydrogen) atoms. The zero-order valence-corrected chi connectivity index (χ0v) is 12.5. The van der Waals surface area contributed by atoms with E-state index in [1.165, 1.54) is 24.1 Å². The molecule has 1 atom stereocenters. The topological polar surface area (TPSA) is 28.2 Å². The van der Waals surface area contributed by atoms with Gasteiger partial charge >= 0.3 is 0 Å². The van der Waals surface area contributed by atoms with E-state index in [-0.39, 0.29) is 0 Å². The molecule has 0 bridgehead atoms. The first kappa shape index (κ1) is 14.5. The van der Waals surface area contributed by atoms with E-state index in [0.29, 0.717) is 6.04 Å². The third-order valence-electron chi connectivity index (χ3n) is 3.07. The number of hydrogen-bond donors (Lipinski definition) is 1. The summed E-state index contributed by atoms with van der Waals surface area (Å²) >= 11 is 1.81. The molecule has 0 aliphatic heterocycles. The third kappa shape index (κ3) is 3.96. The Morgan fingerprint density at radius 2 is 2.12 bits per heavy atom. The lowest BCUT2D eigenvalue weighted by Gasteiger charge is -2.15. The van der Waals surface area contributed by atoms with E-state index < -0.39 is 0 Å². The fourth-order valence-corrected chi connectivity index (χ4v) is 2.90. The average Bonchev–Trinajstić information content (AvgIpc) is 2.70. The highest BCUT2D eigenvalue weighted by Gasteiger charge is 2.14. The van der Waals surface area contributed by atoms with Gasteiger partial charge in [-0.05, 0) is 27.3 Å². The van der Waals surface area contributed by atoms with Gasteiger partial charge in [0.25, 0.3) is 0 Å². The molecule has 4 heteroatoms. The second kappa shape index (κ2) is 6.97. The number of aromatic nitrogens is 1. The molecule has 1 rings (SSSR count). The molecule has 0 radical (unpaired) electrons. The van der Waals surface area contributed by atoms with Gasteiger partial charge in [0.1, 0.15) is 0 Å². The van der Waals surface area contributed by atoms with E-state index in [1.807, 2.05) is 18.4 Å². The van der Waals surface area contributed by atoms with Crippen LogP contribution in [0.5, 0.6) is 0 Å². The van der Waals surface area contributed by atoms with Crippen molar-refractivity contribution in [3.8, 4) is 0 Å². The van der Waals surface area contributed by atoms with E-state index in [4.69, 9.17) is 0 Å². The number of aryl methyl sites for hydroxylation is 1. The van der Waals surface area contributed by atoms with Crippen LogP contribution in [0.1, 0.15) is 49.7 Å². The molecule has 0 spiro atoms. The summed E-state index contributed by atoms with van der Waals surface area (Å²) in [5, 5.41) is 4.43. The van der Waals surface area contributed by atoms with Crippen molar-refractivity contribution in [1.29, 1.82) is 0 Å². The van der Waals surface area contributed by atoms with Gasteiger partial charge in [-0.3, -0.25) is 0 Å². The quantitative estimate of drug-likeness (QED) is 0.757. The molecule has 0 aliphatic carbocycles. The van der Waals surface area contributed by atoms with Gasteiger partial charge in [0.15, 0.2) is 5.13 Å². The Hall–Kier alpha value is -0.610. The first-order valence-corrected chi connectivity index (χ1v) is 7.27. The maximum Gasteiger partial charge on any atom is 0.185 e. The summed E-state index contributed by atoms with van der Waals surface area (Å²) < 4.78 is 0. The molecular weight excluding hydrogens is 230 g/mol. The Balaban J connectivity index is 2.65. The highest BCUT2D eigenvalue weighted by molar-refractivity contribution is 7.15. The predicted molar refractivity (Wildman–Crippen MR) is 77.1 cm³/mol. The summed E-state index contributed by atoms with van der Waals surface area (Å²) in [5.74, 6) is 0. The van der Waals surface area contributed by atoms with Crippen molar-refractivity contribution in [2.24, 2.45) is 0 Å². The second-order valence-electron chi connectivity index (χ2n) is 4.59. The largest absolute Gasteiger partial charge is 0.351 e. The smallest absolute Gasteiger partial charge is 0.185 e. The number of thiazole rings is 1. The fraction of sp³-hybridized carbons (Fsp3) is 0.769. The van der Waals surface area contributed by atoms with Crippen molar-refractivity contribution in [3.05, 3.63) is 10.6 Å². The van der Waals surface area contributed by atoms with Crippen LogP contribution in [-0.2, 0) is 0 Å². The van der Waals surface area contributed by atoms with Crippen LogP contribution in [0.2, 0.25) is 0 Å². The third-order valence-corrected chi connectivity index (χ3v) is 4.53. The molecular formula is C13H25N3S. The van der Waals surface area contributed by atoms with Gasteiger partial charge in [0.05, 0.1) is 5.69 Å². The molecule has 0 fully saturated rings. The van der Waals surface area contributed by atoms with Crippen LogP contribution in [-0.4, -0.2) is 25.6 Å². The van der Waals surface area contributed by atoms with Gasteiger partial charge in [-0.15, -0.1) is 11.3 Å². The molecule has 3 nitrogen and oxygen atoms in total. The monoisotopic (exact) mass is 255 g/mol. The Labute approximate surface area is 109 Å². The normalized spacial score (nSPS) is 12.8. The molecule has 0 amide bonds. The van der Waals surface area contributed by atoms with Gasteiger partial charge in [0.2, 0.25) is 0 Å². The molecule has 1 aromatic rings. The van der Waals surface area contributed by atoms with Crippen molar-refractivity contribution in [3.63, 3.8) is 0 Å². The summed E-state index contributed by atoms with van der Waals surface area (Å²) in [4.78, 5) is 8.29. The number of nitrogens with one attached hydrogen (secondary N) is 1. The lowest BCUT2D eigenvalue weighted by molar-refractivity contribution is 0.658. The molecule has 0 saturated carbocycles. The van der Waals surface area contributed by atoms with Crippen molar-refractivity contribution in [2.75, 3.05) is 25.5 Å². The Bertz CT molecular complexity index is 335. The summed E-state index contributed by atoms with van der Waals surface area (Å²) in [7, 11) is 4.14. The van der Waals surface area contributed by atoms with Crippen molar-refractivity contribution in [2.45, 2.75) is 46.1 Å². The number of nitrogens with zero attached hydrogens (tertiary/aromatic N) is 2. The lowest BCUT2D eigenvalue weighted by Crippen LogP contribution is -2.18. The number of unbranched alkanes of at least 4 members (excludes halogenated alkanes) is 2. The van der Waals surface area contributed by atoms with E-state index >= 15 is 0 Å². The second-order valence-corrected chi connectivity index (χ2v) is 5.59. The Morgan fingerprint density at radius 3 is 2.71 bits per heavy atom. The van der Waals surface area contributed by atoms with Crippen LogP contribution in [0.25, 0.3) is 0 Å². The first-order valence-electron chi connectivity index (χ1n) is 6.45. The van der Waals surface area contributed by atoms with Crippen LogP contribution in [0.15, 0.2) is 0 Å². The van der Waals surface area contributed by atoms with Crippen molar-refractivity contribution >= 4 is 16.5 Å². The zero-order valence-electron chi connectivity index (χ0n) is 11.7. The molecule has 0 saturated heterocycles. The number of hydrogen-bond acceptors (Lipinski definition) is 4. The number of rotatable bonds is 7. The van der Waals surface area contributed by atoms with Crippen LogP contribution in [0.3, 0.4) is 0 Å². The highest BCUT2D eigenvalue weighted by Crippen LogP contribution is 2.30. The molecule has 1 aromatic heterocycles. The van der Waals surface area contributed by atoms with Gasteiger partial charge in [-0.1, -0.05) is 19.8 Å². The van der Waals surface area contributed by atoms with E-state index in [9.17, 15) is 0 Å². The van der Waals surface area contributed by atoms with Crippen LogP contribution in [0.4, 0.5) is 5.13 Å². The van der Waals surface area contributed by atoms with Crippen molar-refractivity contribution < 1.29 is 0 Å². The minimum Gasteiger partial charge on any atom is -0.351 e. The molecule has 0 aromatic carbocycles. The van der Waals surface area contributed by atoms with Gasteiger partial charge in [-0.2, -0.15) is 0 Å². The van der Waals surface area contributed by atoms with Gasteiger partial charge in [-0.25, -0.2) is 4.98 Å². The summed E-state index contributed by atoms with van der Waals surface area (Å²) in [6.45, 7) is 7.62. The minimum atomic E-state index is 0.394. The van der Waals surface area contributed by atoms with Crippen LogP contribution in [0, 0.1) is 6.92 Å². The van der Waals surface area contributed by atoms with Crippen molar-refractivity contribution in [1.82, 2.24) is 10.3 Å². The van der Waals surface area contributed by atoms with Gasteiger partial charge < -0.3 is 10.2 Å². The molecule has 1 N–H and O–H groups in total. The summed E-state index contributed by atoms with van der Waals surface area (Å²) in [6.07, 6.45) is 3.82. The molecule has 98 valence electrons. The van der Waals surface area contributed by atoms with E-state index in [2.05, 4.69) is 43.0 Å². The molecule has 1 unspecified atom stereocenters. The Kier molecular flexibility index (Phi) is 5.92. The lowest BCUT2D eigenvalue weighted by atomic mass is 10.2. The fourth-order valence-electron chi connectivity index (χ4n) is 1.78. The van der Waals surface area contributed by atoms with E-state index in [1.54, 1.807) is 0 Å². The van der Waals surface area contributed by atoms with E-state index in [0.717, 1.165) is 17.4 Å². The minimum absolute atomic E-state index is 0.394. The Morgan fingerprint density at radius 1 is 1.41 bits per heavy atom. The standard InChI is InChI=1S/C13H25N3S/c1-6-7-8-9-16(5)13-15-11(3)12(17-13)10(2)14-4/h10,14H,6-9H2,1-5H3. The summed E-state index contributed by atoms with van der Waals surface area (Å²) in [6, 6.07) is 0.394. The number of anilines is 1. The zero-order chi connectivity index (χ0) is 12.8. The summed E-state index contributed by atoms with van der Waals surface area (Å²) in [5.41, 5.74) is 1.16. The predicted octanol–water partition coefficient (Wildman–Crippen LogP) is 3.36. The van der Waals surface area contributed by atoms with Crippen LogP contribution < -0.4 is 10.2 Å². The maximum absolute atomic E-state index is 4.66. The SMILES string of the molecule is CCCCCN(C)c1nc(C)c(C(C)NC)s1.